The molecular weight excluding hydrogens is 314 g/mol. The smallest absolute Gasteiger partial charge is 0.341 e. The van der Waals surface area contributed by atoms with Gasteiger partial charge in [0.2, 0.25) is 0 Å². The van der Waals surface area contributed by atoms with Gasteiger partial charge in [-0.25, -0.2) is 31.1 Å². The Labute approximate surface area is 119 Å². The van der Waals surface area contributed by atoms with Gasteiger partial charge in [-0.05, 0) is 12.1 Å². The summed E-state index contributed by atoms with van der Waals surface area (Å²) in [5.74, 6) is -9.76. The lowest BCUT2D eigenvalue weighted by molar-refractivity contribution is 0.0462. The van der Waals surface area contributed by atoms with Crippen molar-refractivity contribution < 1.29 is 35.9 Å². The third kappa shape index (κ3) is 3.21. The zero-order chi connectivity index (χ0) is 16.4. The fourth-order valence-corrected chi connectivity index (χ4v) is 1.57. The highest BCUT2D eigenvalue weighted by Gasteiger charge is 2.19. The van der Waals surface area contributed by atoms with Crippen molar-refractivity contribution in [2.24, 2.45) is 0 Å². The van der Waals surface area contributed by atoms with Crippen LogP contribution in [0.15, 0.2) is 24.3 Å². The second kappa shape index (κ2) is 6.08. The van der Waals surface area contributed by atoms with Crippen LogP contribution in [0.1, 0.15) is 15.9 Å². The molecule has 2 aromatic carbocycles. The molecule has 0 fully saturated rings. The van der Waals surface area contributed by atoms with Gasteiger partial charge in [0.1, 0.15) is 18.2 Å². The molecule has 0 unspecified atom stereocenters. The van der Waals surface area contributed by atoms with Crippen molar-refractivity contribution in [3.05, 3.63) is 70.3 Å². The predicted octanol–water partition coefficient (Wildman–Crippen LogP) is 3.88. The fourth-order valence-electron chi connectivity index (χ4n) is 1.57. The molecule has 0 radical (unpaired) electrons. The molecule has 0 amide bonds. The highest BCUT2D eigenvalue weighted by atomic mass is 19.2. The van der Waals surface area contributed by atoms with Gasteiger partial charge in [0.05, 0.1) is 5.56 Å². The van der Waals surface area contributed by atoms with Crippen LogP contribution in [0.25, 0.3) is 0 Å². The average molecular weight is 320 g/mol. The number of carbonyl (C=O) groups is 1. The normalized spacial score (nSPS) is 10.6. The number of hydrogen-bond acceptors (Lipinski definition) is 2. The molecule has 0 saturated carbocycles. The topological polar surface area (TPSA) is 26.3 Å². The van der Waals surface area contributed by atoms with Crippen molar-refractivity contribution in [2.45, 2.75) is 6.61 Å². The van der Waals surface area contributed by atoms with Crippen molar-refractivity contribution in [2.75, 3.05) is 0 Å². The van der Waals surface area contributed by atoms with Gasteiger partial charge in [-0.1, -0.05) is 0 Å². The van der Waals surface area contributed by atoms with Crippen LogP contribution in [0.2, 0.25) is 0 Å². The number of hydrogen-bond donors (Lipinski definition) is 0. The Balaban J connectivity index is 2.17. The number of benzene rings is 2. The highest BCUT2D eigenvalue weighted by molar-refractivity contribution is 5.89. The standard InChI is InChI=1S/C14H6F6O2/c15-8-3-12(19)10(17)1-6(8)5-22-14(21)7-2-11(18)13(20)4-9(7)16/h1-4H,5H2. The molecule has 0 bridgehead atoms. The SMILES string of the molecule is O=C(OCc1cc(F)c(F)cc1F)c1cc(F)c(F)cc1F. The molecule has 0 atom stereocenters. The second-order valence-corrected chi connectivity index (χ2v) is 4.18. The van der Waals surface area contributed by atoms with Crippen molar-refractivity contribution in [1.29, 1.82) is 0 Å². The molecule has 22 heavy (non-hydrogen) atoms. The van der Waals surface area contributed by atoms with Crippen LogP contribution in [-0.2, 0) is 11.3 Å². The Morgan fingerprint density at radius 2 is 1.23 bits per heavy atom. The Morgan fingerprint density at radius 1 is 0.727 bits per heavy atom. The summed E-state index contributed by atoms with van der Waals surface area (Å²) < 4.78 is 82.4. The van der Waals surface area contributed by atoms with Crippen LogP contribution in [-0.4, -0.2) is 5.97 Å². The molecule has 0 aliphatic carbocycles. The number of halogens is 6. The number of esters is 1. The van der Waals surface area contributed by atoms with E-state index in [0.717, 1.165) is 0 Å². The van der Waals surface area contributed by atoms with E-state index >= 15 is 0 Å². The third-order valence-electron chi connectivity index (χ3n) is 2.68. The maximum absolute atomic E-state index is 13.3. The molecule has 116 valence electrons. The molecule has 2 nitrogen and oxygen atoms in total. The molecule has 0 spiro atoms. The maximum atomic E-state index is 13.3. The zero-order valence-electron chi connectivity index (χ0n) is 10.6. The minimum atomic E-state index is -1.50. The second-order valence-electron chi connectivity index (χ2n) is 4.18. The minimum absolute atomic E-state index is 0.143. The van der Waals surface area contributed by atoms with Crippen LogP contribution in [0, 0.1) is 34.9 Å². The van der Waals surface area contributed by atoms with Crippen LogP contribution >= 0.6 is 0 Å². The van der Waals surface area contributed by atoms with E-state index in [9.17, 15) is 31.1 Å². The van der Waals surface area contributed by atoms with Gasteiger partial charge in [-0.3, -0.25) is 0 Å². The van der Waals surface area contributed by atoms with Gasteiger partial charge in [-0.2, -0.15) is 0 Å². The van der Waals surface area contributed by atoms with Crippen molar-refractivity contribution in [1.82, 2.24) is 0 Å². The summed E-state index contributed by atoms with van der Waals surface area (Å²) in [7, 11) is 0. The molecule has 0 N–H and O–H groups in total. The Bertz CT molecular complexity index is 745. The summed E-state index contributed by atoms with van der Waals surface area (Å²) in [6, 6.07) is 1.12. The zero-order valence-corrected chi connectivity index (χ0v) is 10.6. The molecule has 0 aromatic heterocycles. The average Bonchev–Trinajstić information content (AvgIpc) is 2.45. The summed E-state index contributed by atoms with van der Waals surface area (Å²) in [6.45, 7) is -0.847. The van der Waals surface area contributed by atoms with Crippen LogP contribution in [0.5, 0.6) is 0 Å². The molecule has 2 rings (SSSR count). The molecule has 2 aromatic rings. The first-order chi connectivity index (χ1) is 10.3. The van der Waals surface area contributed by atoms with E-state index in [-0.39, 0.29) is 18.2 Å². The molecular formula is C14H6F6O2. The summed E-state index contributed by atoms with van der Waals surface area (Å²) in [6.07, 6.45) is 0. The van der Waals surface area contributed by atoms with E-state index < -0.39 is 58.6 Å². The first kappa shape index (κ1) is 15.9. The number of rotatable bonds is 3. The van der Waals surface area contributed by atoms with Crippen LogP contribution in [0.3, 0.4) is 0 Å². The van der Waals surface area contributed by atoms with Crippen LogP contribution < -0.4 is 0 Å². The van der Waals surface area contributed by atoms with Crippen LogP contribution in [0.4, 0.5) is 26.3 Å². The molecule has 0 aliphatic rings. The summed E-state index contributed by atoms with van der Waals surface area (Å²) >= 11 is 0. The lowest BCUT2D eigenvalue weighted by Crippen LogP contribution is -2.10. The molecule has 0 saturated heterocycles. The van der Waals surface area contributed by atoms with Gasteiger partial charge < -0.3 is 4.74 Å². The minimum Gasteiger partial charge on any atom is -0.457 e. The monoisotopic (exact) mass is 320 g/mol. The number of ether oxygens (including phenoxy) is 1. The quantitative estimate of drug-likeness (QED) is 0.487. The molecule has 0 heterocycles. The number of carbonyl (C=O) groups excluding carboxylic acids is 1. The van der Waals surface area contributed by atoms with Gasteiger partial charge in [0.15, 0.2) is 23.3 Å². The summed E-state index contributed by atoms with van der Waals surface area (Å²) in [5.41, 5.74) is -1.42. The third-order valence-corrected chi connectivity index (χ3v) is 2.68. The Morgan fingerprint density at radius 3 is 1.86 bits per heavy atom. The van der Waals surface area contributed by atoms with E-state index in [2.05, 4.69) is 4.74 Å². The Kier molecular flexibility index (Phi) is 4.39. The van der Waals surface area contributed by atoms with Gasteiger partial charge >= 0.3 is 5.97 Å². The summed E-state index contributed by atoms with van der Waals surface area (Å²) in [4.78, 5) is 11.5. The predicted molar refractivity (Wildman–Crippen MR) is 61.8 cm³/mol. The molecule has 0 aliphatic heterocycles. The van der Waals surface area contributed by atoms with Crippen molar-refractivity contribution in [3.63, 3.8) is 0 Å². The first-order valence-corrected chi connectivity index (χ1v) is 5.74. The maximum Gasteiger partial charge on any atom is 0.341 e. The largest absolute Gasteiger partial charge is 0.457 e. The van der Waals surface area contributed by atoms with E-state index in [1.807, 2.05) is 0 Å². The lowest BCUT2D eigenvalue weighted by Gasteiger charge is -2.07. The van der Waals surface area contributed by atoms with Gasteiger partial charge in [0, 0.05) is 17.7 Å². The summed E-state index contributed by atoms with van der Waals surface area (Å²) in [5, 5.41) is 0. The first-order valence-electron chi connectivity index (χ1n) is 5.74. The van der Waals surface area contributed by atoms with E-state index in [1.165, 1.54) is 0 Å². The van der Waals surface area contributed by atoms with Gasteiger partial charge in [0.25, 0.3) is 0 Å². The highest BCUT2D eigenvalue weighted by Crippen LogP contribution is 2.18. The van der Waals surface area contributed by atoms with E-state index in [0.29, 0.717) is 6.07 Å². The van der Waals surface area contributed by atoms with Crippen molar-refractivity contribution >= 4 is 5.97 Å². The van der Waals surface area contributed by atoms with Crippen molar-refractivity contribution in [3.8, 4) is 0 Å². The fraction of sp³-hybridized carbons (Fsp3) is 0.0714. The molecule has 8 heteroatoms. The van der Waals surface area contributed by atoms with E-state index in [4.69, 9.17) is 0 Å². The lowest BCUT2D eigenvalue weighted by atomic mass is 10.2. The van der Waals surface area contributed by atoms with E-state index in [1.54, 1.807) is 0 Å². The Hall–Kier alpha value is -2.51. The van der Waals surface area contributed by atoms with Gasteiger partial charge in [-0.15, -0.1) is 0 Å².